The lowest BCUT2D eigenvalue weighted by atomic mass is 10.1. The van der Waals surface area contributed by atoms with Crippen LogP contribution in [0.15, 0.2) is 12.1 Å². The molecule has 5 nitrogen and oxygen atoms in total. The molecule has 0 bridgehead atoms. The van der Waals surface area contributed by atoms with Crippen LogP contribution in [0.5, 0.6) is 0 Å². The van der Waals surface area contributed by atoms with E-state index in [4.69, 9.17) is 23.2 Å². The van der Waals surface area contributed by atoms with Crippen molar-refractivity contribution < 1.29 is 9.72 Å². The predicted molar refractivity (Wildman–Crippen MR) is 71.9 cm³/mol. The number of nitro groups is 1. The summed E-state index contributed by atoms with van der Waals surface area (Å²) in [6.07, 6.45) is 0. The van der Waals surface area contributed by atoms with Crippen LogP contribution in [0.3, 0.4) is 0 Å². The molecule has 0 unspecified atom stereocenters. The summed E-state index contributed by atoms with van der Waals surface area (Å²) in [4.78, 5) is 23.3. The van der Waals surface area contributed by atoms with Gasteiger partial charge in [-0.25, -0.2) is 0 Å². The van der Waals surface area contributed by atoms with Crippen LogP contribution in [-0.2, 0) is 0 Å². The summed E-state index contributed by atoms with van der Waals surface area (Å²) in [5.41, 5.74) is 0.118. The molecule has 7 heteroatoms. The molecule has 18 heavy (non-hydrogen) atoms. The second kappa shape index (κ2) is 6.02. The van der Waals surface area contributed by atoms with Crippen molar-refractivity contribution in [2.75, 3.05) is 18.0 Å². The van der Waals surface area contributed by atoms with Gasteiger partial charge in [0.1, 0.15) is 5.69 Å². The van der Waals surface area contributed by atoms with E-state index in [0.29, 0.717) is 18.8 Å². The molecule has 0 saturated carbocycles. The Morgan fingerprint density at radius 3 is 2.33 bits per heavy atom. The molecule has 1 aromatic carbocycles. The first-order valence-corrected chi connectivity index (χ1v) is 6.10. The third-order valence-corrected chi connectivity index (χ3v) is 3.05. The second-order valence-corrected chi connectivity index (χ2v) is 4.28. The Hall–Kier alpha value is -1.33. The van der Waals surface area contributed by atoms with E-state index in [2.05, 4.69) is 0 Å². The lowest BCUT2D eigenvalue weighted by molar-refractivity contribution is -0.384. The summed E-state index contributed by atoms with van der Waals surface area (Å²) in [5, 5.41) is 10.4. The Bertz CT molecular complexity index is 487. The van der Waals surface area contributed by atoms with Crippen LogP contribution < -0.4 is 4.90 Å². The molecule has 0 aromatic heterocycles. The van der Waals surface area contributed by atoms with E-state index in [-0.39, 0.29) is 16.3 Å². The predicted octanol–water partition coefficient (Wildman–Crippen LogP) is 3.47. The molecule has 0 radical (unpaired) electrons. The van der Waals surface area contributed by atoms with Gasteiger partial charge in [0.25, 0.3) is 10.9 Å². The molecule has 0 atom stereocenters. The first kappa shape index (κ1) is 14.7. The Morgan fingerprint density at radius 1 is 1.39 bits per heavy atom. The molecule has 0 aliphatic carbocycles. The van der Waals surface area contributed by atoms with Crippen molar-refractivity contribution in [3.8, 4) is 0 Å². The second-order valence-electron chi connectivity index (χ2n) is 3.53. The average Bonchev–Trinajstić information content (AvgIpc) is 2.31. The van der Waals surface area contributed by atoms with Crippen LogP contribution in [0.25, 0.3) is 0 Å². The molecule has 1 rings (SSSR count). The van der Waals surface area contributed by atoms with Crippen molar-refractivity contribution in [2.45, 2.75) is 13.8 Å². The lowest BCUT2D eigenvalue weighted by Gasteiger charge is -2.22. The van der Waals surface area contributed by atoms with Gasteiger partial charge in [-0.3, -0.25) is 14.9 Å². The lowest BCUT2D eigenvalue weighted by Crippen LogP contribution is -2.23. The number of hydrogen-bond donors (Lipinski definition) is 0. The van der Waals surface area contributed by atoms with Crippen LogP contribution in [0.1, 0.15) is 24.2 Å². The summed E-state index contributed by atoms with van der Waals surface area (Å²) in [6, 6.07) is 2.49. The zero-order valence-corrected chi connectivity index (χ0v) is 11.5. The van der Waals surface area contributed by atoms with E-state index in [1.54, 1.807) is 4.90 Å². The highest BCUT2D eigenvalue weighted by Gasteiger charge is 2.24. The SMILES string of the molecule is CCN(CC)c1c(Cl)cc(C(=O)Cl)cc1[N+](=O)[O-]. The zero-order chi connectivity index (χ0) is 13.9. The fourth-order valence-corrected chi connectivity index (χ4v) is 2.13. The highest BCUT2D eigenvalue weighted by molar-refractivity contribution is 6.67. The first-order valence-electron chi connectivity index (χ1n) is 5.35. The normalized spacial score (nSPS) is 10.2. The molecular formula is C11H12Cl2N2O3. The molecule has 0 amide bonds. The van der Waals surface area contributed by atoms with Crippen LogP contribution >= 0.6 is 23.2 Å². The van der Waals surface area contributed by atoms with Gasteiger partial charge >= 0.3 is 0 Å². The third kappa shape index (κ3) is 2.91. The van der Waals surface area contributed by atoms with E-state index in [0.717, 1.165) is 6.07 Å². The van der Waals surface area contributed by atoms with E-state index in [1.807, 2.05) is 13.8 Å². The van der Waals surface area contributed by atoms with Gasteiger partial charge in [0.15, 0.2) is 0 Å². The first-order chi connectivity index (χ1) is 8.42. The Kier molecular flexibility index (Phi) is 4.93. The fourth-order valence-electron chi connectivity index (χ4n) is 1.69. The van der Waals surface area contributed by atoms with Gasteiger partial charge in [-0.05, 0) is 31.5 Å². The minimum Gasteiger partial charge on any atom is -0.365 e. The van der Waals surface area contributed by atoms with Crippen LogP contribution in [0.4, 0.5) is 11.4 Å². The molecule has 1 aromatic rings. The average molecular weight is 291 g/mol. The number of carbonyl (C=O) groups is 1. The Morgan fingerprint density at radius 2 is 1.94 bits per heavy atom. The van der Waals surface area contributed by atoms with Crippen molar-refractivity contribution in [3.63, 3.8) is 0 Å². The molecule has 0 fully saturated rings. The van der Waals surface area contributed by atoms with Crippen LogP contribution in [-0.4, -0.2) is 23.3 Å². The summed E-state index contributed by atoms with van der Waals surface area (Å²) in [6.45, 7) is 4.88. The number of benzene rings is 1. The number of nitrogens with zero attached hydrogens (tertiary/aromatic N) is 2. The topological polar surface area (TPSA) is 63.5 Å². The number of halogens is 2. The molecular weight excluding hydrogens is 279 g/mol. The largest absolute Gasteiger partial charge is 0.365 e. The molecule has 0 aliphatic heterocycles. The smallest absolute Gasteiger partial charge is 0.294 e. The standard InChI is InChI=1S/C11H12Cl2N2O3/c1-3-14(4-2)10-8(12)5-7(11(13)16)6-9(10)15(17)18/h5-6H,3-4H2,1-2H3. The van der Waals surface area contributed by atoms with Gasteiger partial charge in [0, 0.05) is 24.7 Å². The molecule has 0 heterocycles. The van der Waals surface area contributed by atoms with E-state index in [1.165, 1.54) is 6.07 Å². The number of carbonyl (C=O) groups excluding carboxylic acids is 1. The van der Waals surface area contributed by atoms with Crippen molar-refractivity contribution in [1.29, 1.82) is 0 Å². The van der Waals surface area contributed by atoms with Gasteiger partial charge in [0.2, 0.25) is 0 Å². The fraction of sp³-hybridized carbons (Fsp3) is 0.364. The number of nitro benzene ring substituents is 1. The number of rotatable bonds is 5. The van der Waals surface area contributed by atoms with E-state index in [9.17, 15) is 14.9 Å². The molecule has 0 saturated heterocycles. The van der Waals surface area contributed by atoms with Crippen molar-refractivity contribution >= 4 is 39.8 Å². The quantitative estimate of drug-likeness (QED) is 0.473. The third-order valence-electron chi connectivity index (χ3n) is 2.55. The zero-order valence-electron chi connectivity index (χ0n) is 9.94. The summed E-state index contributed by atoms with van der Waals surface area (Å²) in [7, 11) is 0. The summed E-state index contributed by atoms with van der Waals surface area (Å²) in [5.74, 6) is 0. The van der Waals surface area contributed by atoms with E-state index < -0.39 is 10.2 Å². The molecule has 0 spiro atoms. The molecule has 0 N–H and O–H groups in total. The van der Waals surface area contributed by atoms with Crippen LogP contribution in [0, 0.1) is 10.1 Å². The summed E-state index contributed by atoms with van der Waals surface area (Å²) < 4.78 is 0. The minimum absolute atomic E-state index is 0.0178. The molecule has 0 aliphatic rings. The van der Waals surface area contributed by atoms with Gasteiger partial charge in [-0.15, -0.1) is 0 Å². The van der Waals surface area contributed by atoms with Crippen LogP contribution in [0.2, 0.25) is 5.02 Å². The highest BCUT2D eigenvalue weighted by atomic mass is 35.5. The van der Waals surface area contributed by atoms with E-state index >= 15 is 0 Å². The van der Waals surface area contributed by atoms with Gasteiger partial charge in [-0.2, -0.15) is 0 Å². The minimum atomic E-state index is -0.772. The Labute approximate surface area is 114 Å². The maximum absolute atomic E-state index is 11.1. The Balaban J connectivity index is 3.50. The van der Waals surface area contributed by atoms with Gasteiger partial charge in [-0.1, -0.05) is 11.6 Å². The number of hydrogen-bond acceptors (Lipinski definition) is 4. The van der Waals surface area contributed by atoms with Gasteiger partial charge in [0.05, 0.1) is 9.95 Å². The monoisotopic (exact) mass is 290 g/mol. The molecule has 98 valence electrons. The summed E-state index contributed by atoms with van der Waals surface area (Å²) >= 11 is 11.3. The van der Waals surface area contributed by atoms with Crippen molar-refractivity contribution in [3.05, 3.63) is 32.8 Å². The van der Waals surface area contributed by atoms with Crippen molar-refractivity contribution in [1.82, 2.24) is 0 Å². The maximum Gasteiger partial charge on any atom is 0.294 e. The maximum atomic E-state index is 11.1. The van der Waals surface area contributed by atoms with Crippen molar-refractivity contribution in [2.24, 2.45) is 0 Å². The highest BCUT2D eigenvalue weighted by Crippen LogP contribution is 2.37. The number of anilines is 1. The van der Waals surface area contributed by atoms with Gasteiger partial charge < -0.3 is 4.90 Å².